The largest absolute Gasteiger partial charge is 0.478 e. The maximum absolute atomic E-state index is 11.5. The number of hydrogen-bond donors (Lipinski definition) is 1. The molecule has 4 fully saturated rings. The van der Waals surface area contributed by atoms with Crippen molar-refractivity contribution in [3.63, 3.8) is 0 Å². The van der Waals surface area contributed by atoms with Crippen molar-refractivity contribution >= 4 is 5.97 Å². The summed E-state index contributed by atoms with van der Waals surface area (Å²) in [5.41, 5.74) is 1.86. The van der Waals surface area contributed by atoms with E-state index in [9.17, 15) is 9.90 Å². The third-order valence-electron chi connectivity index (χ3n) is 5.77. The highest BCUT2D eigenvalue weighted by molar-refractivity contribution is 5.89. The van der Waals surface area contributed by atoms with Gasteiger partial charge in [-0.2, -0.15) is 0 Å². The first kappa shape index (κ1) is 11.5. The molecule has 1 N–H and O–H groups in total. The van der Waals surface area contributed by atoms with Crippen molar-refractivity contribution in [2.24, 2.45) is 17.8 Å². The quantitative estimate of drug-likeness (QED) is 0.872. The molecule has 4 aliphatic carbocycles. The van der Waals surface area contributed by atoms with Crippen LogP contribution in [0.1, 0.15) is 54.4 Å². The van der Waals surface area contributed by atoms with Crippen LogP contribution in [0.5, 0.6) is 0 Å². The van der Waals surface area contributed by atoms with E-state index in [2.05, 4.69) is 6.07 Å². The molecule has 4 aliphatic rings. The zero-order valence-electron chi connectivity index (χ0n) is 11.1. The van der Waals surface area contributed by atoms with Gasteiger partial charge < -0.3 is 5.11 Å². The fourth-order valence-corrected chi connectivity index (χ4v) is 5.57. The van der Waals surface area contributed by atoms with Crippen molar-refractivity contribution in [2.75, 3.05) is 0 Å². The monoisotopic (exact) mass is 256 g/mol. The molecule has 100 valence electrons. The lowest BCUT2D eigenvalue weighted by molar-refractivity contribution is -0.00582. The molecule has 2 nitrogen and oxygen atoms in total. The Kier molecular flexibility index (Phi) is 2.33. The minimum atomic E-state index is -0.758. The molecular weight excluding hydrogens is 236 g/mol. The Hall–Kier alpha value is -1.31. The van der Waals surface area contributed by atoms with E-state index in [1.807, 2.05) is 12.1 Å². The standard InChI is InChI=1S/C17H20O2/c18-16(19)14-3-1-2-4-15(14)17-8-11-5-12(9-17)7-13(6-11)10-17/h1-4,11-13H,5-10H2,(H,18,19). The van der Waals surface area contributed by atoms with Crippen molar-refractivity contribution in [1.29, 1.82) is 0 Å². The van der Waals surface area contributed by atoms with E-state index < -0.39 is 5.97 Å². The number of carbonyl (C=O) groups is 1. The van der Waals surface area contributed by atoms with Crippen LogP contribution in [0.2, 0.25) is 0 Å². The van der Waals surface area contributed by atoms with E-state index in [0.29, 0.717) is 5.56 Å². The Balaban J connectivity index is 1.82. The molecule has 0 heterocycles. The molecule has 4 bridgehead atoms. The highest BCUT2D eigenvalue weighted by atomic mass is 16.4. The summed E-state index contributed by atoms with van der Waals surface area (Å²) < 4.78 is 0. The summed E-state index contributed by atoms with van der Waals surface area (Å²) in [4.78, 5) is 11.5. The van der Waals surface area contributed by atoms with Gasteiger partial charge in [0.2, 0.25) is 0 Å². The summed E-state index contributed by atoms with van der Waals surface area (Å²) in [7, 11) is 0. The summed E-state index contributed by atoms with van der Waals surface area (Å²) in [5.74, 6) is 1.81. The first-order valence-electron chi connectivity index (χ1n) is 7.49. The summed E-state index contributed by atoms with van der Waals surface area (Å²) in [6.07, 6.45) is 7.87. The summed E-state index contributed by atoms with van der Waals surface area (Å²) in [5, 5.41) is 9.47. The van der Waals surface area contributed by atoms with Crippen molar-refractivity contribution in [2.45, 2.75) is 43.9 Å². The van der Waals surface area contributed by atoms with E-state index in [0.717, 1.165) is 23.3 Å². The Morgan fingerprint density at radius 1 is 1.00 bits per heavy atom. The van der Waals surface area contributed by atoms with Crippen LogP contribution in [0.3, 0.4) is 0 Å². The van der Waals surface area contributed by atoms with Crippen LogP contribution in [0, 0.1) is 17.8 Å². The Bertz CT molecular complexity index is 497. The predicted molar refractivity (Wildman–Crippen MR) is 73.3 cm³/mol. The zero-order chi connectivity index (χ0) is 13.0. The average molecular weight is 256 g/mol. The molecule has 0 saturated heterocycles. The van der Waals surface area contributed by atoms with Crippen LogP contribution >= 0.6 is 0 Å². The molecule has 0 aliphatic heterocycles. The smallest absolute Gasteiger partial charge is 0.335 e. The molecule has 5 rings (SSSR count). The van der Waals surface area contributed by atoms with Crippen LogP contribution in [0.15, 0.2) is 24.3 Å². The Labute approximate surface area is 113 Å². The molecule has 2 heteroatoms. The van der Waals surface area contributed by atoms with Gasteiger partial charge in [-0.25, -0.2) is 4.79 Å². The topological polar surface area (TPSA) is 37.3 Å². The Morgan fingerprint density at radius 2 is 1.53 bits per heavy atom. The first-order valence-corrected chi connectivity index (χ1v) is 7.49. The third kappa shape index (κ3) is 1.65. The number of aromatic carboxylic acids is 1. The molecule has 1 aromatic carbocycles. The average Bonchev–Trinajstić information content (AvgIpc) is 2.37. The first-order chi connectivity index (χ1) is 9.16. The minimum absolute atomic E-state index is 0.184. The lowest BCUT2D eigenvalue weighted by Crippen LogP contribution is -2.49. The van der Waals surface area contributed by atoms with E-state index in [-0.39, 0.29) is 5.41 Å². The molecule has 0 radical (unpaired) electrons. The van der Waals surface area contributed by atoms with Gasteiger partial charge in [0.05, 0.1) is 5.56 Å². The maximum Gasteiger partial charge on any atom is 0.335 e. The van der Waals surface area contributed by atoms with E-state index in [1.54, 1.807) is 6.07 Å². The second kappa shape index (κ2) is 3.84. The van der Waals surface area contributed by atoms with Crippen LogP contribution in [0.4, 0.5) is 0 Å². The van der Waals surface area contributed by atoms with Crippen molar-refractivity contribution in [3.8, 4) is 0 Å². The molecular formula is C17H20O2. The van der Waals surface area contributed by atoms with Gasteiger partial charge >= 0.3 is 5.97 Å². The molecule has 19 heavy (non-hydrogen) atoms. The maximum atomic E-state index is 11.5. The zero-order valence-corrected chi connectivity index (χ0v) is 11.1. The van der Waals surface area contributed by atoms with E-state index in [1.165, 1.54) is 38.5 Å². The van der Waals surface area contributed by atoms with E-state index >= 15 is 0 Å². The number of rotatable bonds is 2. The van der Waals surface area contributed by atoms with E-state index in [4.69, 9.17) is 0 Å². The van der Waals surface area contributed by atoms with Gasteiger partial charge in [0.15, 0.2) is 0 Å². The number of benzene rings is 1. The number of hydrogen-bond acceptors (Lipinski definition) is 1. The highest BCUT2D eigenvalue weighted by Gasteiger charge is 2.52. The molecule has 0 spiro atoms. The van der Waals surface area contributed by atoms with Crippen molar-refractivity contribution < 1.29 is 9.90 Å². The molecule has 0 atom stereocenters. The molecule has 0 aromatic heterocycles. The second-order valence-corrected chi connectivity index (χ2v) is 7.05. The lowest BCUT2D eigenvalue weighted by Gasteiger charge is -2.57. The number of carboxylic acids is 1. The van der Waals surface area contributed by atoms with Crippen molar-refractivity contribution in [3.05, 3.63) is 35.4 Å². The van der Waals surface area contributed by atoms with Crippen LogP contribution in [-0.4, -0.2) is 11.1 Å². The third-order valence-corrected chi connectivity index (χ3v) is 5.77. The van der Waals surface area contributed by atoms with Gasteiger partial charge in [0.1, 0.15) is 0 Å². The molecule has 0 amide bonds. The summed E-state index contributed by atoms with van der Waals surface area (Å²) in [6.45, 7) is 0. The molecule has 0 unspecified atom stereocenters. The van der Waals surface area contributed by atoms with Gasteiger partial charge in [-0.3, -0.25) is 0 Å². The van der Waals surface area contributed by atoms with Crippen LogP contribution in [0.25, 0.3) is 0 Å². The van der Waals surface area contributed by atoms with Gasteiger partial charge in [0.25, 0.3) is 0 Å². The fraction of sp³-hybridized carbons (Fsp3) is 0.588. The minimum Gasteiger partial charge on any atom is -0.478 e. The van der Waals surface area contributed by atoms with Gasteiger partial charge in [-0.1, -0.05) is 18.2 Å². The van der Waals surface area contributed by atoms with Gasteiger partial charge in [-0.05, 0) is 73.3 Å². The van der Waals surface area contributed by atoms with Gasteiger partial charge in [-0.15, -0.1) is 0 Å². The fourth-order valence-electron chi connectivity index (χ4n) is 5.57. The van der Waals surface area contributed by atoms with Gasteiger partial charge in [0, 0.05) is 0 Å². The summed E-state index contributed by atoms with van der Waals surface area (Å²) in [6, 6.07) is 7.74. The molecule has 4 saturated carbocycles. The predicted octanol–water partition coefficient (Wildman–Crippen LogP) is 3.85. The number of carboxylic acid groups (broad SMARTS) is 1. The van der Waals surface area contributed by atoms with Crippen LogP contribution < -0.4 is 0 Å². The summed E-state index contributed by atoms with van der Waals surface area (Å²) >= 11 is 0. The SMILES string of the molecule is O=C(O)c1ccccc1C12CC3CC(CC(C3)C1)C2. The highest BCUT2D eigenvalue weighted by Crippen LogP contribution is 2.61. The normalized spacial score (nSPS) is 39.5. The second-order valence-electron chi connectivity index (χ2n) is 7.05. The molecule has 1 aromatic rings. The lowest BCUT2D eigenvalue weighted by atomic mass is 9.47. The Morgan fingerprint density at radius 3 is 2.05 bits per heavy atom. The van der Waals surface area contributed by atoms with Crippen molar-refractivity contribution in [1.82, 2.24) is 0 Å². The van der Waals surface area contributed by atoms with Crippen LogP contribution in [-0.2, 0) is 5.41 Å².